The Kier molecular flexibility index (Phi) is 3.94. The normalized spacial score (nSPS) is 11.2. The summed E-state index contributed by atoms with van der Waals surface area (Å²) in [6.45, 7) is 1.88. The van der Waals surface area contributed by atoms with Crippen molar-refractivity contribution in [2.75, 3.05) is 5.73 Å². The van der Waals surface area contributed by atoms with Crippen molar-refractivity contribution in [1.82, 2.24) is 9.66 Å². The van der Waals surface area contributed by atoms with Crippen molar-refractivity contribution in [2.24, 2.45) is 5.10 Å². The van der Waals surface area contributed by atoms with Crippen LogP contribution in [0, 0.1) is 6.92 Å². The first-order valence-electron chi connectivity index (χ1n) is 6.84. The van der Waals surface area contributed by atoms with Gasteiger partial charge in [0.15, 0.2) is 0 Å². The number of aryl methyl sites for hydroxylation is 1. The summed E-state index contributed by atoms with van der Waals surface area (Å²) in [6, 6.07) is 15.8. The fourth-order valence-electron chi connectivity index (χ4n) is 2.17. The number of halogens is 1. The van der Waals surface area contributed by atoms with Gasteiger partial charge < -0.3 is 5.73 Å². The zero-order valence-electron chi connectivity index (χ0n) is 12.1. The maximum Gasteiger partial charge on any atom is 0.221 e. The van der Waals surface area contributed by atoms with Gasteiger partial charge >= 0.3 is 0 Å². The van der Waals surface area contributed by atoms with Gasteiger partial charge in [0.2, 0.25) is 5.95 Å². The molecule has 110 valence electrons. The predicted molar refractivity (Wildman–Crippen MR) is 91.3 cm³/mol. The van der Waals surface area contributed by atoms with Gasteiger partial charge in [-0.1, -0.05) is 54.1 Å². The molecule has 3 aromatic rings. The second-order valence-electron chi connectivity index (χ2n) is 4.93. The molecule has 0 spiro atoms. The minimum atomic E-state index is 0.376. The van der Waals surface area contributed by atoms with Crippen molar-refractivity contribution < 1.29 is 0 Å². The van der Waals surface area contributed by atoms with Crippen molar-refractivity contribution in [2.45, 2.75) is 6.92 Å². The molecule has 0 radical (unpaired) electrons. The van der Waals surface area contributed by atoms with Crippen LogP contribution in [0.3, 0.4) is 0 Å². The number of anilines is 1. The molecule has 0 aliphatic carbocycles. The van der Waals surface area contributed by atoms with Crippen LogP contribution in [0.15, 0.2) is 59.8 Å². The molecule has 0 amide bonds. The van der Waals surface area contributed by atoms with E-state index in [0.717, 1.165) is 27.4 Å². The van der Waals surface area contributed by atoms with E-state index in [1.165, 1.54) is 0 Å². The van der Waals surface area contributed by atoms with Gasteiger partial charge in [-0.3, -0.25) is 0 Å². The van der Waals surface area contributed by atoms with Crippen LogP contribution in [0.4, 0.5) is 5.95 Å². The lowest BCUT2D eigenvalue weighted by molar-refractivity contribution is 0.897. The zero-order valence-corrected chi connectivity index (χ0v) is 12.8. The monoisotopic (exact) mass is 310 g/mol. The lowest BCUT2D eigenvalue weighted by atomic mass is 10.0. The summed E-state index contributed by atoms with van der Waals surface area (Å²) in [5, 5.41) is 5.04. The second kappa shape index (κ2) is 6.03. The summed E-state index contributed by atoms with van der Waals surface area (Å²) in [5.74, 6) is 0.376. The Balaban J connectivity index is 1.83. The molecule has 1 heterocycles. The highest BCUT2D eigenvalue weighted by Gasteiger charge is 2.02. The lowest BCUT2D eigenvalue weighted by Crippen LogP contribution is -1.96. The zero-order chi connectivity index (χ0) is 15.5. The van der Waals surface area contributed by atoms with Gasteiger partial charge in [0.1, 0.15) is 0 Å². The number of hydrogen-bond donors (Lipinski definition) is 1. The molecule has 2 N–H and O–H groups in total. The summed E-state index contributed by atoms with van der Waals surface area (Å²) < 4.78 is 1.55. The second-order valence-corrected chi connectivity index (χ2v) is 5.34. The van der Waals surface area contributed by atoms with Gasteiger partial charge in [-0.25, -0.2) is 9.66 Å². The van der Waals surface area contributed by atoms with Crippen molar-refractivity contribution in [3.63, 3.8) is 0 Å². The Hall–Kier alpha value is -2.59. The van der Waals surface area contributed by atoms with Crippen LogP contribution in [-0.4, -0.2) is 15.9 Å². The van der Waals surface area contributed by atoms with Crippen LogP contribution < -0.4 is 5.73 Å². The standard InChI is InChI=1S/C17H15ClN4/c1-12-11-22(17(19)21-12)20-10-13-6-8-14(9-7-13)15-4-2-3-5-16(15)18/h2-11H,1H3,(H2,19,21). The molecule has 0 unspecified atom stereocenters. The van der Waals surface area contributed by atoms with Crippen LogP contribution in [0.2, 0.25) is 5.02 Å². The van der Waals surface area contributed by atoms with Crippen LogP contribution in [0.1, 0.15) is 11.3 Å². The fraction of sp³-hybridized carbons (Fsp3) is 0.0588. The third kappa shape index (κ3) is 3.02. The highest BCUT2D eigenvalue weighted by atomic mass is 35.5. The molecule has 0 bridgehead atoms. The van der Waals surface area contributed by atoms with E-state index in [4.69, 9.17) is 17.3 Å². The van der Waals surface area contributed by atoms with Gasteiger partial charge in [0.25, 0.3) is 0 Å². The maximum atomic E-state index is 6.21. The Labute approximate surface area is 133 Å². The molecule has 2 aromatic carbocycles. The van der Waals surface area contributed by atoms with Crippen molar-refractivity contribution in [3.05, 3.63) is 71.0 Å². The largest absolute Gasteiger partial charge is 0.368 e. The molecule has 0 saturated heterocycles. The number of aromatic nitrogens is 2. The summed E-state index contributed by atoms with van der Waals surface area (Å²) in [4.78, 5) is 4.10. The molecule has 0 aliphatic rings. The third-order valence-electron chi connectivity index (χ3n) is 3.26. The maximum absolute atomic E-state index is 6.21. The number of imidazole rings is 1. The summed E-state index contributed by atoms with van der Waals surface area (Å²) >= 11 is 6.21. The molecular formula is C17H15ClN4. The molecule has 22 heavy (non-hydrogen) atoms. The minimum Gasteiger partial charge on any atom is -0.368 e. The van der Waals surface area contributed by atoms with Crippen LogP contribution in [-0.2, 0) is 0 Å². The molecule has 1 aromatic heterocycles. The van der Waals surface area contributed by atoms with Crippen LogP contribution >= 0.6 is 11.6 Å². The highest BCUT2D eigenvalue weighted by Crippen LogP contribution is 2.27. The number of nitrogen functional groups attached to an aromatic ring is 1. The quantitative estimate of drug-likeness (QED) is 0.744. The van der Waals surface area contributed by atoms with Gasteiger partial charge in [-0.15, -0.1) is 0 Å². The van der Waals surface area contributed by atoms with E-state index in [0.29, 0.717) is 5.95 Å². The van der Waals surface area contributed by atoms with Crippen molar-refractivity contribution >= 4 is 23.8 Å². The summed E-state index contributed by atoms with van der Waals surface area (Å²) in [6.07, 6.45) is 3.53. The van der Waals surface area contributed by atoms with E-state index in [9.17, 15) is 0 Å². The predicted octanol–water partition coefficient (Wildman–Crippen LogP) is 3.98. The van der Waals surface area contributed by atoms with Gasteiger partial charge in [0.05, 0.1) is 18.1 Å². The number of hydrogen-bond acceptors (Lipinski definition) is 3. The molecular weight excluding hydrogens is 296 g/mol. The average molecular weight is 311 g/mol. The SMILES string of the molecule is Cc1cn(N=Cc2ccc(-c3ccccc3Cl)cc2)c(N)n1. The van der Waals surface area contributed by atoms with Crippen molar-refractivity contribution in [3.8, 4) is 11.1 Å². The topological polar surface area (TPSA) is 56.2 Å². The highest BCUT2D eigenvalue weighted by molar-refractivity contribution is 6.33. The molecule has 0 saturated carbocycles. The molecule has 3 rings (SSSR count). The molecule has 0 atom stereocenters. The first kappa shape index (κ1) is 14.4. The first-order valence-corrected chi connectivity index (χ1v) is 7.22. The molecule has 5 heteroatoms. The summed E-state index contributed by atoms with van der Waals surface area (Å²) in [5.41, 5.74) is 9.64. The average Bonchev–Trinajstić information content (AvgIpc) is 2.84. The number of benzene rings is 2. The summed E-state index contributed by atoms with van der Waals surface area (Å²) in [7, 11) is 0. The van der Waals surface area contributed by atoms with E-state index in [-0.39, 0.29) is 0 Å². The number of nitrogens with two attached hydrogens (primary N) is 1. The Morgan fingerprint density at radius 2 is 1.86 bits per heavy atom. The Morgan fingerprint density at radius 1 is 1.14 bits per heavy atom. The fourth-order valence-corrected chi connectivity index (χ4v) is 2.41. The van der Waals surface area contributed by atoms with Gasteiger partial charge in [0, 0.05) is 10.6 Å². The molecule has 4 nitrogen and oxygen atoms in total. The Bertz CT molecular complexity index is 819. The number of rotatable bonds is 3. The number of nitrogens with zero attached hydrogens (tertiary/aromatic N) is 3. The third-order valence-corrected chi connectivity index (χ3v) is 3.59. The lowest BCUT2D eigenvalue weighted by Gasteiger charge is -2.04. The van der Waals surface area contributed by atoms with Gasteiger partial charge in [-0.2, -0.15) is 5.10 Å². The van der Waals surface area contributed by atoms with E-state index in [1.807, 2.05) is 55.5 Å². The molecule has 0 fully saturated rings. The van der Waals surface area contributed by atoms with E-state index in [1.54, 1.807) is 17.1 Å². The van der Waals surface area contributed by atoms with E-state index < -0.39 is 0 Å². The van der Waals surface area contributed by atoms with Crippen molar-refractivity contribution in [1.29, 1.82) is 0 Å². The molecule has 0 aliphatic heterocycles. The van der Waals surface area contributed by atoms with Crippen LogP contribution in [0.5, 0.6) is 0 Å². The smallest absolute Gasteiger partial charge is 0.221 e. The van der Waals surface area contributed by atoms with Gasteiger partial charge in [-0.05, 0) is 24.1 Å². The van der Waals surface area contributed by atoms with E-state index in [2.05, 4.69) is 10.1 Å². The Morgan fingerprint density at radius 3 is 2.50 bits per heavy atom. The minimum absolute atomic E-state index is 0.376. The van der Waals surface area contributed by atoms with E-state index >= 15 is 0 Å². The van der Waals surface area contributed by atoms with Crippen LogP contribution in [0.25, 0.3) is 11.1 Å². The first-order chi connectivity index (χ1) is 10.6.